The Morgan fingerprint density at radius 2 is 1.96 bits per heavy atom. The standard InChI is InChI=1S/C17H16N2O2S2/c20-16(12-8-9-22-11-12)15-7-6-14(23-15)10-18-17(21)19-13-4-2-1-3-5-13/h1-9,11,16,20H,10H2,(H2,18,19,21). The molecule has 3 N–H and O–H groups in total. The van der Waals surface area contributed by atoms with Gasteiger partial charge in [0.05, 0.1) is 6.54 Å². The summed E-state index contributed by atoms with van der Waals surface area (Å²) < 4.78 is 0. The molecule has 1 aromatic carbocycles. The summed E-state index contributed by atoms with van der Waals surface area (Å²) in [4.78, 5) is 13.7. The number of aliphatic hydroxyl groups is 1. The van der Waals surface area contributed by atoms with Crippen molar-refractivity contribution in [2.45, 2.75) is 12.6 Å². The Hall–Kier alpha value is -2.15. The number of amides is 2. The molecule has 1 unspecified atom stereocenters. The Morgan fingerprint density at radius 3 is 2.70 bits per heavy atom. The van der Waals surface area contributed by atoms with E-state index in [2.05, 4.69) is 10.6 Å². The van der Waals surface area contributed by atoms with E-state index in [1.807, 2.05) is 59.3 Å². The molecule has 23 heavy (non-hydrogen) atoms. The van der Waals surface area contributed by atoms with Crippen LogP contribution in [-0.4, -0.2) is 11.1 Å². The Bertz CT molecular complexity index is 754. The van der Waals surface area contributed by atoms with Crippen LogP contribution in [-0.2, 0) is 6.54 Å². The number of thiophene rings is 2. The maximum atomic E-state index is 11.8. The quantitative estimate of drug-likeness (QED) is 0.649. The number of benzene rings is 1. The van der Waals surface area contributed by atoms with Gasteiger partial charge in [-0.1, -0.05) is 18.2 Å². The second kappa shape index (κ2) is 7.41. The van der Waals surface area contributed by atoms with Crippen molar-refractivity contribution in [3.63, 3.8) is 0 Å². The van der Waals surface area contributed by atoms with Crippen molar-refractivity contribution in [1.29, 1.82) is 0 Å². The number of nitrogens with one attached hydrogen (secondary N) is 2. The average Bonchev–Trinajstić information content (AvgIpc) is 3.25. The first kappa shape index (κ1) is 15.7. The van der Waals surface area contributed by atoms with Crippen LogP contribution in [0.5, 0.6) is 0 Å². The van der Waals surface area contributed by atoms with E-state index < -0.39 is 6.10 Å². The minimum Gasteiger partial charge on any atom is -0.383 e. The molecule has 4 nitrogen and oxygen atoms in total. The molecular weight excluding hydrogens is 328 g/mol. The molecule has 0 bridgehead atoms. The molecule has 0 saturated carbocycles. The lowest BCUT2D eigenvalue weighted by molar-refractivity contribution is 0.224. The van der Waals surface area contributed by atoms with Crippen molar-refractivity contribution >= 4 is 34.4 Å². The SMILES string of the molecule is O=C(NCc1ccc(C(O)c2ccsc2)s1)Nc1ccccc1. The molecule has 2 heterocycles. The fourth-order valence-electron chi connectivity index (χ4n) is 2.10. The summed E-state index contributed by atoms with van der Waals surface area (Å²) in [5.41, 5.74) is 1.66. The molecule has 0 aliphatic carbocycles. The summed E-state index contributed by atoms with van der Waals surface area (Å²) in [6.45, 7) is 0.430. The van der Waals surface area contributed by atoms with E-state index in [1.165, 1.54) is 11.3 Å². The monoisotopic (exact) mass is 344 g/mol. The molecule has 0 fully saturated rings. The van der Waals surface area contributed by atoms with E-state index in [0.29, 0.717) is 6.54 Å². The Morgan fingerprint density at radius 1 is 1.13 bits per heavy atom. The van der Waals surface area contributed by atoms with E-state index in [9.17, 15) is 9.90 Å². The Balaban J connectivity index is 1.54. The van der Waals surface area contributed by atoms with Crippen molar-refractivity contribution < 1.29 is 9.90 Å². The summed E-state index contributed by atoms with van der Waals surface area (Å²) in [5, 5.41) is 19.8. The van der Waals surface area contributed by atoms with E-state index in [1.54, 1.807) is 11.3 Å². The number of aliphatic hydroxyl groups excluding tert-OH is 1. The predicted octanol–water partition coefficient (Wildman–Crippen LogP) is 4.21. The maximum Gasteiger partial charge on any atom is 0.319 e. The molecule has 118 valence electrons. The molecule has 2 aromatic heterocycles. The van der Waals surface area contributed by atoms with Crippen LogP contribution in [0.1, 0.15) is 21.4 Å². The molecule has 0 spiro atoms. The zero-order chi connectivity index (χ0) is 16.1. The van der Waals surface area contributed by atoms with Crippen LogP contribution in [0.3, 0.4) is 0 Å². The van der Waals surface area contributed by atoms with Crippen LogP contribution >= 0.6 is 22.7 Å². The van der Waals surface area contributed by atoms with Gasteiger partial charge < -0.3 is 15.7 Å². The second-order valence-corrected chi connectivity index (χ2v) is 6.92. The van der Waals surface area contributed by atoms with Crippen molar-refractivity contribution in [2.75, 3.05) is 5.32 Å². The highest BCUT2D eigenvalue weighted by Crippen LogP contribution is 2.29. The van der Waals surface area contributed by atoms with Crippen molar-refractivity contribution in [1.82, 2.24) is 5.32 Å². The van der Waals surface area contributed by atoms with Crippen LogP contribution in [0.4, 0.5) is 10.5 Å². The van der Waals surface area contributed by atoms with Crippen LogP contribution in [0, 0.1) is 0 Å². The molecule has 0 aliphatic rings. The predicted molar refractivity (Wildman–Crippen MR) is 95.0 cm³/mol. The van der Waals surface area contributed by atoms with Crippen LogP contribution in [0.15, 0.2) is 59.3 Å². The second-order valence-electron chi connectivity index (χ2n) is 4.94. The van der Waals surface area contributed by atoms with Gasteiger partial charge in [-0.2, -0.15) is 11.3 Å². The first-order valence-corrected chi connectivity index (χ1v) is 8.87. The highest BCUT2D eigenvalue weighted by molar-refractivity contribution is 7.12. The van der Waals surface area contributed by atoms with Crippen molar-refractivity contribution in [3.8, 4) is 0 Å². The average molecular weight is 344 g/mol. The molecule has 0 aliphatic heterocycles. The molecule has 0 radical (unpaired) electrons. The minimum atomic E-state index is -0.599. The van der Waals surface area contributed by atoms with E-state index in [4.69, 9.17) is 0 Å². The topological polar surface area (TPSA) is 61.4 Å². The van der Waals surface area contributed by atoms with Gasteiger partial charge in [-0.3, -0.25) is 0 Å². The first-order chi connectivity index (χ1) is 11.2. The number of hydrogen-bond donors (Lipinski definition) is 3. The lowest BCUT2D eigenvalue weighted by Crippen LogP contribution is -2.27. The Labute approximate surface area is 142 Å². The highest BCUT2D eigenvalue weighted by atomic mass is 32.1. The van der Waals surface area contributed by atoms with Gasteiger partial charge in [0, 0.05) is 15.4 Å². The molecular formula is C17H16N2O2S2. The number of para-hydroxylation sites is 1. The zero-order valence-corrected chi connectivity index (χ0v) is 13.9. The third kappa shape index (κ3) is 4.19. The summed E-state index contributed by atoms with van der Waals surface area (Å²) in [5.74, 6) is 0. The fourth-order valence-corrected chi connectivity index (χ4v) is 3.74. The lowest BCUT2D eigenvalue weighted by Gasteiger charge is -2.07. The third-order valence-electron chi connectivity index (χ3n) is 3.27. The first-order valence-electron chi connectivity index (χ1n) is 7.11. The maximum absolute atomic E-state index is 11.8. The van der Waals surface area contributed by atoms with Crippen molar-refractivity contribution in [3.05, 3.63) is 74.6 Å². The number of hydrogen-bond acceptors (Lipinski definition) is 4. The summed E-state index contributed by atoms with van der Waals surface area (Å²) in [6, 6.07) is 14.8. The van der Waals surface area contributed by atoms with Gasteiger partial charge in [0.2, 0.25) is 0 Å². The highest BCUT2D eigenvalue weighted by Gasteiger charge is 2.13. The van der Waals surface area contributed by atoms with Gasteiger partial charge in [-0.15, -0.1) is 11.3 Å². The van der Waals surface area contributed by atoms with E-state index in [-0.39, 0.29) is 6.03 Å². The smallest absolute Gasteiger partial charge is 0.319 e. The van der Waals surface area contributed by atoms with Gasteiger partial charge in [0.15, 0.2) is 0 Å². The normalized spacial score (nSPS) is 11.9. The van der Waals surface area contributed by atoms with Gasteiger partial charge in [-0.05, 0) is 46.7 Å². The number of urea groups is 1. The minimum absolute atomic E-state index is 0.246. The van der Waals surface area contributed by atoms with E-state index >= 15 is 0 Å². The molecule has 2 amide bonds. The number of rotatable bonds is 5. The van der Waals surface area contributed by atoms with E-state index in [0.717, 1.165) is 21.0 Å². The molecule has 6 heteroatoms. The summed E-state index contributed by atoms with van der Waals surface area (Å²) in [7, 11) is 0. The van der Waals surface area contributed by atoms with Crippen molar-refractivity contribution in [2.24, 2.45) is 0 Å². The van der Waals surface area contributed by atoms with Gasteiger partial charge in [0.1, 0.15) is 6.10 Å². The number of anilines is 1. The lowest BCUT2D eigenvalue weighted by atomic mass is 10.2. The number of carbonyl (C=O) groups excluding carboxylic acids is 1. The third-order valence-corrected chi connectivity index (χ3v) is 5.10. The van der Waals surface area contributed by atoms with Crippen LogP contribution in [0.2, 0.25) is 0 Å². The summed E-state index contributed by atoms with van der Waals surface area (Å²) >= 11 is 3.06. The van der Waals surface area contributed by atoms with Gasteiger partial charge in [-0.25, -0.2) is 4.79 Å². The molecule has 0 saturated heterocycles. The largest absolute Gasteiger partial charge is 0.383 e. The molecule has 3 aromatic rings. The zero-order valence-electron chi connectivity index (χ0n) is 12.2. The number of carbonyl (C=O) groups is 1. The molecule has 3 rings (SSSR count). The van der Waals surface area contributed by atoms with Gasteiger partial charge >= 0.3 is 6.03 Å². The Kier molecular flexibility index (Phi) is 5.07. The molecule has 1 atom stereocenters. The van der Waals surface area contributed by atoms with Gasteiger partial charge in [0.25, 0.3) is 0 Å². The fraction of sp³-hybridized carbons (Fsp3) is 0.118. The van der Waals surface area contributed by atoms with Crippen LogP contribution < -0.4 is 10.6 Å². The van der Waals surface area contributed by atoms with Crippen LogP contribution in [0.25, 0.3) is 0 Å². The summed E-state index contributed by atoms with van der Waals surface area (Å²) in [6.07, 6.45) is -0.599.